The molecule has 2 atom stereocenters. The van der Waals surface area contributed by atoms with Crippen molar-refractivity contribution in [2.75, 3.05) is 12.9 Å². The summed E-state index contributed by atoms with van der Waals surface area (Å²) in [5.74, 6) is -1.50. The zero-order valence-electron chi connectivity index (χ0n) is 12.7. The van der Waals surface area contributed by atoms with E-state index in [-0.39, 0.29) is 0 Å². The number of aliphatic carboxylic acids is 1. The van der Waals surface area contributed by atoms with Crippen molar-refractivity contribution in [2.45, 2.75) is 24.3 Å². The van der Waals surface area contributed by atoms with Crippen LogP contribution in [0, 0.1) is 0 Å². The lowest BCUT2D eigenvalue weighted by molar-refractivity contribution is -0.144. The number of benzene rings is 1. The number of carboxylic acids is 1. The maximum Gasteiger partial charge on any atom is 0.329 e. The molecule has 0 saturated carbocycles. The van der Waals surface area contributed by atoms with Gasteiger partial charge >= 0.3 is 11.9 Å². The van der Waals surface area contributed by atoms with Crippen molar-refractivity contribution in [3.05, 3.63) is 35.9 Å². The number of amides is 1. The van der Waals surface area contributed by atoms with Crippen LogP contribution in [-0.2, 0) is 24.9 Å². The Labute approximate surface area is 138 Å². The zero-order valence-corrected chi connectivity index (χ0v) is 13.5. The smallest absolute Gasteiger partial charge is 0.329 e. The zero-order chi connectivity index (χ0) is 17.2. The van der Waals surface area contributed by atoms with Crippen LogP contribution >= 0.6 is 11.8 Å². The number of esters is 1. The molecule has 1 aromatic carbocycles. The van der Waals surface area contributed by atoms with Gasteiger partial charge < -0.3 is 20.9 Å². The van der Waals surface area contributed by atoms with Crippen molar-refractivity contribution in [3.8, 4) is 0 Å². The topological polar surface area (TPSA) is 119 Å². The monoisotopic (exact) mass is 340 g/mol. The highest BCUT2D eigenvalue weighted by Crippen LogP contribution is 2.13. The van der Waals surface area contributed by atoms with Gasteiger partial charge in [-0.1, -0.05) is 30.3 Å². The number of methoxy groups -OCH3 is 1. The molecule has 1 rings (SSSR count). The Balaban J connectivity index is 2.53. The van der Waals surface area contributed by atoms with Gasteiger partial charge in [-0.15, -0.1) is 0 Å². The maximum absolute atomic E-state index is 11.8. The van der Waals surface area contributed by atoms with E-state index in [0.29, 0.717) is 11.5 Å². The number of hydrogen-bond acceptors (Lipinski definition) is 6. The highest BCUT2D eigenvalue weighted by molar-refractivity contribution is 7.98. The molecule has 0 aliphatic carbocycles. The molecule has 0 unspecified atom stereocenters. The lowest BCUT2D eigenvalue weighted by Crippen LogP contribution is -2.50. The predicted octanol–water partition coefficient (Wildman–Crippen LogP) is 0.380. The third kappa shape index (κ3) is 7.16. The van der Waals surface area contributed by atoms with Gasteiger partial charge in [-0.2, -0.15) is 11.8 Å². The number of rotatable bonds is 9. The molecule has 7 nitrogen and oxygen atoms in total. The molecule has 4 N–H and O–H groups in total. The molecule has 0 aromatic heterocycles. The highest BCUT2D eigenvalue weighted by Gasteiger charge is 2.25. The van der Waals surface area contributed by atoms with Crippen molar-refractivity contribution in [1.29, 1.82) is 0 Å². The molecule has 0 aliphatic rings. The minimum absolute atomic E-state index is 0.299. The fourth-order valence-corrected chi connectivity index (χ4v) is 2.74. The van der Waals surface area contributed by atoms with Gasteiger partial charge in [0.25, 0.3) is 0 Å². The van der Waals surface area contributed by atoms with E-state index in [2.05, 4.69) is 10.1 Å². The normalized spacial score (nSPS) is 13.0. The van der Waals surface area contributed by atoms with E-state index >= 15 is 0 Å². The van der Waals surface area contributed by atoms with Gasteiger partial charge in [-0.25, -0.2) is 4.79 Å². The van der Waals surface area contributed by atoms with Gasteiger partial charge in [-0.3, -0.25) is 9.59 Å². The third-order valence-corrected chi connectivity index (χ3v) is 4.04. The van der Waals surface area contributed by atoms with Crippen molar-refractivity contribution < 1.29 is 24.2 Å². The van der Waals surface area contributed by atoms with E-state index in [1.54, 1.807) is 0 Å². The summed E-state index contributed by atoms with van der Waals surface area (Å²) in [6.07, 6.45) is -0.503. The molecule has 126 valence electrons. The number of carbonyl (C=O) groups excluding carboxylic acids is 2. The fraction of sp³-hybridized carbons (Fsp3) is 0.400. The molecule has 0 fully saturated rings. The van der Waals surface area contributed by atoms with Crippen LogP contribution in [0.15, 0.2) is 30.3 Å². The number of ether oxygens (including phenoxy) is 1. The molecule has 1 aromatic rings. The standard InChI is InChI=1S/C15H20N2O5S/c1-22-15(21)12(17-14(20)11(16)7-13(18)19)9-23-8-10-5-3-2-4-6-10/h2-6,11-12H,7-9,16H2,1H3,(H,17,20)(H,18,19)/t11-,12-/m0/s1. The number of nitrogens with one attached hydrogen (secondary N) is 1. The number of thioether (sulfide) groups is 1. The Kier molecular flexibility index (Phi) is 8.14. The molecular weight excluding hydrogens is 320 g/mol. The molecule has 0 spiro atoms. The second-order valence-electron chi connectivity index (χ2n) is 4.79. The van der Waals surface area contributed by atoms with Crippen LogP contribution in [0.5, 0.6) is 0 Å². The Bertz CT molecular complexity index is 538. The van der Waals surface area contributed by atoms with Crippen LogP contribution in [0.2, 0.25) is 0 Å². The van der Waals surface area contributed by atoms with E-state index in [9.17, 15) is 14.4 Å². The highest BCUT2D eigenvalue weighted by atomic mass is 32.2. The Hall–Kier alpha value is -2.06. The second-order valence-corrected chi connectivity index (χ2v) is 5.82. The van der Waals surface area contributed by atoms with Gasteiger partial charge in [0.15, 0.2) is 0 Å². The quantitative estimate of drug-likeness (QED) is 0.556. The summed E-state index contributed by atoms with van der Waals surface area (Å²) < 4.78 is 4.65. The van der Waals surface area contributed by atoms with Gasteiger partial charge in [0.2, 0.25) is 5.91 Å². The summed E-state index contributed by atoms with van der Waals surface area (Å²) in [5.41, 5.74) is 6.57. The van der Waals surface area contributed by atoms with E-state index < -0.39 is 36.4 Å². The van der Waals surface area contributed by atoms with Crippen LogP contribution in [0.4, 0.5) is 0 Å². The van der Waals surface area contributed by atoms with Crippen molar-refractivity contribution in [1.82, 2.24) is 5.32 Å². The molecule has 0 saturated heterocycles. The van der Waals surface area contributed by atoms with E-state index in [4.69, 9.17) is 10.8 Å². The lowest BCUT2D eigenvalue weighted by Gasteiger charge is -2.18. The van der Waals surface area contributed by atoms with E-state index in [1.807, 2.05) is 30.3 Å². The molecule has 23 heavy (non-hydrogen) atoms. The average molecular weight is 340 g/mol. The van der Waals surface area contributed by atoms with Crippen LogP contribution in [0.25, 0.3) is 0 Å². The Morgan fingerprint density at radius 1 is 1.30 bits per heavy atom. The maximum atomic E-state index is 11.8. The summed E-state index contributed by atoms with van der Waals surface area (Å²) >= 11 is 1.45. The number of nitrogens with two attached hydrogens (primary N) is 1. The summed E-state index contributed by atoms with van der Waals surface area (Å²) in [5, 5.41) is 11.1. The van der Waals surface area contributed by atoms with Crippen molar-refractivity contribution in [2.24, 2.45) is 5.73 Å². The van der Waals surface area contributed by atoms with Gasteiger partial charge in [-0.05, 0) is 5.56 Å². The van der Waals surface area contributed by atoms with Crippen LogP contribution < -0.4 is 11.1 Å². The van der Waals surface area contributed by atoms with Crippen LogP contribution in [-0.4, -0.2) is 47.9 Å². The van der Waals surface area contributed by atoms with Gasteiger partial charge in [0.05, 0.1) is 19.6 Å². The van der Waals surface area contributed by atoms with Crippen LogP contribution in [0.1, 0.15) is 12.0 Å². The molecule has 1 amide bonds. The Morgan fingerprint density at radius 2 is 1.96 bits per heavy atom. The van der Waals surface area contributed by atoms with Crippen molar-refractivity contribution in [3.63, 3.8) is 0 Å². The number of carbonyl (C=O) groups is 3. The summed E-state index contributed by atoms with van der Waals surface area (Å²) in [4.78, 5) is 34.1. The third-order valence-electron chi connectivity index (χ3n) is 2.93. The molecule has 0 radical (unpaired) electrons. The molecule has 8 heteroatoms. The first-order chi connectivity index (χ1) is 10.9. The first-order valence-electron chi connectivity index (χ1n) is 6.91. The Morgan fingerprint density at radius 3 is 2.52 bits per heavy atom. The van der Waals surface area contributed by atoms with Gasteiger partial charge in [0.1, 0.15) is 6.04 Å². The van der Waals surface area contributed by atoms with E-state index in [1.165, 1.54) is 18.9 Å². The number of carboxylic acid groups (broad SMARTS) is 1. The summed E-state index contributed by atoms with van der Waals surface area (Å²) in [6.45, 7) is 0. The largest absolute Gasteiger partial charge is 0.481 e. The van der Waals surface area contributed by atoms with Gasteiger partial charge in [0, 0.05) is 11.5 Å². The number of hydrogen-bond donors (Lipinski definition) is 3. The lowest BCUT2D eigenvalue weighted by atomic mass is 10.2. The van der Waals surface area contributed by atoms with E-state index in [0.717, 1.165) is 5.56 Å². The summed E-state index contributed by atoms with van der Waals surface area (Å²) in [6, 6.07) is 7.58. The fourth-order valence-electron chi connectivity index (χ4n) is 1.74. The molecular formula is C15H20N2O5S. The predicted molar refractivity (Wildman–Crippen MR) is 86.8 cm³/mol. The molecule has 0 heterocycles. The second kappa shape index (κ2) is 9.86. The summed E-state index contributed by atoms with van der Waals surface area (Å²) in [7, 11) is 1.22. The molecule has 0 bridgehead atoms. The minimum Gasteiger partial charge on any atom is -0.481 e. The average Bonchev–Trinajstić information content (AvgIpc) is 2.53. The minimum atomic E-state index is -1.21. The van der Waals surface area contributed by atoms with Crippen molar-refractivity contribution >= 4 is 29.6 Å². The SMILES string of the molecule is COC(=O)[C@H](CSCc1ccccc1)NC(=O)[C@@H](N)CC(=O)O. The first-order valence-corrected chi connectivity index (χ1v) is 8.06. The molecule has 0 aliphatic heterocycles. The van der Waals surface area contributed by atoms with Crippen LogP contribution in [0.3, 0.4) is 0 Å². The first kappa shape index (κ1) is 19.0.